The van der Waals surface area contributed by atoms with E-state index >= 15 is 0 Å². The van der Waals surface area contributed by atoms with E-state index in [2.05, 4.69) is 27.1 Å². The SMILES string of the molecule is CC(N)CCC(=O)NCc1cccnc1N1CCN(C)CC1. The molecule has 0 bridgehead atoms. The quantitative estimate of drug-likeness (QED) is 0.804. The number of likely N-dealkylation sites (N-methyl/N-ethyl adjacent to an activating group) is 1. The first-order valence-electron chi connectivity index (χ1n) is 7.96. The van der Waals surface area contributed by atoms with Crippen molar-refractivity contribution < 1.29 is 4.79 Å². The number of pyridine rings is 1. The summed E-state index contributed by atoms with van der Waals surface area (Å²) in [4.78, 5) is 21.0. The average molecular weight is 305 g/mol. The van der Waals surface area contributed by atoms with Gasteiger partial charge in [0.2, 0.25) is 5.91 Å². The minimum atomic E-state index is 0.0467. The maximum atomic E-state index is 11.8. The zero-order valence-electron chi connectivity index (χ0n) is 13.6. The number of nitrogens with two attached hydrogens (primary N) is 1. The number of rotatable bonds is 6. The lowest BCUT2D eigenvalue weighted by Gasteiger charge is -2.34. The van der Waals surface area contributed by atoms with Crippen LogP contribution in [0.2, 0.25) is 0 Å². The van der Waals surface area contributed by atoms with E-state index < -0.39 is 0 Å². The molecule has 0 aromatic carbocycles. The predicted octanol–water partition coefficient (Wildman–Crippen LogP) is 0.577. The molecule has 1 aromatic rings. The molecule has 1 amide bonds. The molecule has 6 heteroatoms. The Labute approximate surface area is 132 Å². The fourth-order valence-electron chi connectivity index (χ4n) is 2.51. The average Bonchev–Trinajstić information content (AvgIpc) is 2.52. The van der Waals surface area contributed by atoms with Crippen molar-refractivity contribution >= 4 is 11.7 Å². The van der Waals surface area contributed by atoms with Crippen molar-refractivity contribution in [3.05, 3.63) is 23.9 Å². The Hall–Kier alpha value is -1.66. The molecule has 0 aliphatic carbocycles. The molecule has 1 aliphatic rings. The second-order valence-corrected chi connectivity index (χ2v) is 6.07. The van der Waals surface area contributed by atoms with Crippen molar-refractivity contribution in [1.29, 1.82) is 0 Å². The van der Waals surface area contributed by atoms with Crippen LogP contribution in [0.15, 0.2) is 18.3 Å². The van der Waals surface area contributed by atoms with E-state index in [-0.39, 0.29) is 11.9 Å². The Morgan fingerprint density at radius 2 is 2.14 bits per heavy atom. The third-order valence-electron chi connectivity index (χ3n) is 3.97. The Morgan fingerprint density at radius 1 is 1.41 bits per heavy atom. The van der Waals surface area contributed by atoms with E-state index in [1.54, 1.807) is 0 Å². The van der Waals surface area contributed by atoms with E-state index in [0.29, 0.717) is 19.4 Å². The molecule has 1 unspecified atom stereocenters. The maximum Gasteiger partial charge on any atom is 0.220 e. The fourth-order valence-corrected chi connectivity index (χ4v) is 2.51. The number of piperazine rings is 1. The lowest BCUT2D eigenvalue weighted by atomic mass is 10.2. The van der Waals surface area contributed by atoms with Gasteiger partial charge in [-0.05, 0) is 26.5 Å². The van der Waals surface area contributed by atoms with Crippen LogP contribution in [0.5, 0.6) is 0 Å². The van der Waals surface area contributed by atoms with Crippen molar-refractivity contribution in [1.82, 2.24) is 15.2 Å². The third-order valence-corrected chi connectivity index (χ3v) is 3.97. The molecule has 1 fully saturated rings. The van der Waals surface area contributed by atoms with Crippen LogP contribution in [0.4, 0.5) is 5.82 Å². The molecule has 0 spiro atoms. The van der Waals surface area contributed by atoms with Gasteiger partial charge in [-0.2, -0.15) is 0 Å². The summed E-state index contributed by atoms with van der Waals surface area (Å²) in [5, 5.41) is 2.97. The molecular weight excluding hydrogens is 278 g/mol. The van der Waals surface area contributed by atoms with E-state index in [9.17, 15) is 4.79 Å². The minimum absolute atomic E-state index is 0.0467. The Balaban J connectivity index is 1.92. The molecule has 2 rings (SSSR count). The van der Waals surface area contributed by atoms with Crippen molar-refractivity contribution in [2.24, 2.45) is 5.73 Å². The first-order chi connectivity index (χ1) is 10.6. The van der Waals surface area contributed by atoms with Crippen LogP contribution in [0, 0.1) is 0 Å². The summed E-state index contributed by atoms with van der Waals surface area (Å²) in [6, 6.07) is 4.01. The zero-order valence-corrected chi connectivity index (χ0v) is 13.6. The number of carbonyl (C=O) groups is 1. The summed E-state index contributed by atoms with van der Waals surface area (Å²) in [5.41, 5.74) is 6.75. The normalized spacial score (nSPS) is 17.3. The molecule has 1 aliphatic heterocycles. The van der Waals surface area contributed by atoms with Crippen LogP contribution in [-0.4, -0.2) is 55.1 Å². The first-order valence-corrected chi connectivity index (χ1v) is 7.96. The van der Waals surface area contributed by atoms with Gasteiger partial charge >= 0.3 is 0 Å². The highest BCUT2D eigenvalue weighted by molar-refractivity contribution is 5.76. The molecule has 2 heterocycles. The number of hydrogen-bond acceptors (Lipinski definition) is 5. The number of amides is 1. The minimum Gasteiger partial charge on any atom is -0.354 e. The number of nitrogens with one attached hydrogen (secondary N) is 1. The molecule has 122 valence electrons. The van der Waals surface area contributed by atoms with Gasteiger partial charge in [-0.25, -0.2) is 4.98 Å². The van der Waals surface area contributed by atoms with Gasteiger partial charge in [-0.15, -0.1) is 0 Å². The highest BCUT2D eigenvalue weighted by Gasteiger charge is 2.18. The highest BCUT2D eigenvalue weighted by Crippen LogP contribution is 2.18. The molecular formula is C16H27N5O. The number of nitrogens with zero attached hydrogens (tertiary/aromatic N) is 3. The number of anilines is 1. The monoisotopic (exact) mass is 305 g/mol. The van der Waals surface area contributed by atoms with E-state index in [1.807, 2.05) is 25.3 Å². The second kappa shape index (κ2) is 8.10. The lowest BCUT2D eigenvalue weighted by molar-refractivity contribution is -0.121. The van der Waals surface area contributed by atoms with Crippen LogP contribution >= 0.6 is 0 Å². The van der Waals surface area contributed by atoms with Gasteiger partial charge < -0.3 is 20.9 Å². The molecule has 6 nitrogen and oxygen atoms in total. The number of carbonyl (C=O) groups excluding carboxylic acids is 1. The smallest absolute Gasteiger partial charge is 0.220 e. The standard InChI is InChI=1S/C16H27N5O/c1-13(17)5-6-15(22)19-12-14-4-3-7-18-16(14)21-10-8-20(2)9-11-21/h3-4,7,13H,5-6,8-12,17H2,1-2H3,(H,19,22). The molecule has 0 radical (unpaired) electrons. The third kappa shape index (κ3) is 4.96. The van der Waals surface area contributed by atoms with Gasteiger partial charge in [0.1, 0.15) is 5.82 Å². The van der Waals surface area contributed by atoms with Gasteiger partial charge in [0.15, 0.2) is 0 Å². The predicted molar refractivity (Wildman–Crippen MR) is 88.7 cm³/mol. The highest BCUT2D eigenvalue weighted by atomic mass is 16.1. The fraction of sp³-hybridized carbons (Fsp3) is 0.625. The van der Waals surface area contributed by atoms with Gasteiger partial charge in [-0.3, -0.25) is 4.79 Å². The zero-order chi connectivity index (χ0) is 15.9. The molecule has 0 saturated carbocycles. The lowest BCUT2D eigenvalue weighted by Crippen LogP contribution is -2.45. The van der Waals surface area contributed by atoms with E-state index in [4.69, 9.17) is 5.73 Å². The molecule has 1 atom stereocenters. The topological polar surface area (TPSA) is 74.5 Å². The number of hydrogen-bond donors (Lipinski definition) is 2. The summed E-state index contributed by atoms with van der Waals surface area (Å²) in [7, 11) is 2.13. The van der Waals surface area contributed by atoms with Crippen LogP contribution in [0.1, 0.15) is 25.3 Å². The first kappa shape index (κ1) is 16.7. The van der Waals surface area contributed by atoms with Crippen molar-refractivity contribution in [3.63, 3.8) is 0 Å². The Bertz CT molecular complexity index is 483. The molecule has 3 N–H and O–H groups in total. The van der Waals surface area contributed by atoms with Crippen LogP contribution < -0.4 is 16.0 Å². The van der Waals surface area contributed by atoms with E-state index in [1.165, 1.54) is 0 Å². The number of aromatic nitrogens is 1. The van der Waals surface area contributed by atoms with Crippen molar-refractivity contribution in [3.8, 4) is 0 Å². The van der Waals surface area contributed by atoms with Crippen LogP contribution in [0.25, 0.3) is 0 Å². The maximum absolute atomic E-state index is 11.8. The molecule has 1 saturated heterocycles. The van der Waals surface area contributed by atoms with Gasteiger partial charge in [0, 0.05) is 56.9 Å². The molecule has 22 heavy (non-hydrogen) atoms. The van der Waals surface area contributed by atoms with Crippen molar-refractivity contribution in [2.45, 2.75) is 32.4 Å². The van der Waals surface area contributed by atoms with Gasteiger partial charge in [0.25, 0.3) is 0 Å². The summed E-state index contributed by atoms with van der Waals surface area (Å²) in [6.07, 6.45) is 3.00. The summed E-state index contributed by atoms with van der Waals surface area (Å²) < 4.78 is 0. The van der Waals surface area contributed by atoms with Gasteiger partial charge in [0.05, 0.1) is 0 Å². The van der Waals surface area contributed by atoms with Crippen LogP contribution in [0.3, 0.4) is 0 Å². The summed E-state index contributed by atoms with van der Waals surface area (Å²) in [5.74, 6) is 1.04. The summed E-state index contributed by atoms with van der Waals surface area (Å²) >= 11 is 0. The van der Waals surface area contributed by atoms with E-state index in [0.717, 1.165) is 37.6 Å². The second-order valence-electron chi connectivity index (χ2n) is 6.07. The van der Waals surface area contributed by atoms with Crippen LogP contribution in [-0.2, 0) is 11.3 Å². The summed E-state index contributed by atoms with van der Waals surface area (Å²) in [6.45, 7) is 6.46. The largest absolute Gasteiger partial charge is 0.354 e. The Morgan fingerprint density at radius 3 is 2.82 bits per heavy atom. The van der Waals surface area contributed by atoms with Gasteiger partial charge in [-0.1, -0.05) is 6.07 Å². The van der Waals surface area contributed by atoms with Crippen molar-refractivity contribution in [2.75, 3.05) is 38.1 Å². The molecule has 1 aromatic heterocycles. The Kier molecular flexibility index (Phi) is 6.15.